The second-order valence-corrected chi connectivity index (χ2v) is 6.61. The van der Waals surface area contributed by atoms with E-state index >= 15 is 0 Å². The van der Waals surface area contributed by atoms with Crippen LogP contribution in [0.5, 0.6) is 0 Å². The maximum Gasteiger partial charge on any atom is 0.334 e. The van der Waals surface area contributed by atoms with Gasteiger partial charge in [0.1, 0.15) is 12.2 Å². The molecule has 0 amide bonds. The fourth-order valence-electron chi connectivity index (χ4n) is 1.46. The monoisotopic (exact) mass is 384 g/mol. The Balaban J connectivity index is 5.42. The van der Waals surface area contributed by atoms with Crippen LogP contribution in [0.3, 0.4) is 0 Å². The first kappa shape index (κ1) is 22.8. The molecule has 0 spiro atoms. The van der Waals surface area contributed by atoms with Crippen LogP contribution in [0.1, 0.15) is 0 Å². The van der Waals surface area contributed by atoms with E-state index in [0.29, 0.717) is 0 Å². The van der Waals surface area contributed by atoms with Crippen molar-refractivity contribution in [1.29, 1.82) is 0 Å². The molecule has 0 fully saturated rings. The number of aliphatic carboxylic acids is 2. The number of aldehydes is 2. The molecule has 0 radical (unpaired) electrons. The molecule has 12 heteroatoms. The van der Waals surface area contributed by atoms with Gasteiger partial charge in [-0.15, -0.1) is 0 Å². The number of hydrogen-bond donors (Lipinski definition) is 4. The van der Waals surface area contributed by atoms with Gasteiger partial charge in [0.05, 0.1) is 0 Å². The Hall–Kier alpha value is -1.18. The number of carboxylic acid groups (broad SMARTS) is 2. The van der Waals surface area contributed by atoms with Crippen molar-refractivity contribution >= 4 is 48.0 Å². The first-order valence-electron chi connectivity index (χ1n) is 6.41. The molecule has 0 aliphatic carbocycles. The Kier molecular flexibility index (Phi) is 9.47. The summed E-state index contributed by atoms with van der Waals surface area (Å²) in [6, 6.07) is 0. The van der Waals surface area contributed by atoms with Gasteiger partial charge in [-0.2, -0.15) is 23.5 Å². The van der Waals surface area contributed by atoms with Crippen LogP contribution in [0.25, 0.3) is 0 Å². The minimum Gasteiger partial charge on any atom is -0.479 e. The summed E-state index contributed by atoms with van der Waals surface area (Å²) < 4.78 is 0. The molecular formula is C12H20N2O8S2. The third-order valence-corrected chi connectivity index (χ3v) is 4.39. The van der Waals surface area contributed by atoms with Gasteiger partial charge in [-0.1, -0.05) is 0 Å². The van der Waals surface area contributed by atoms with E-state index in [1.165, 1.54) is 0 Å². The summed E-state index contributed by atoms with van der Waals surface area (Å²) in [5.41, 5.74) is 6.23. The molecule has 0 aromatic carbocycles. The zero-order chi connectivity index (χ0) is 19.0. The number of carbonyl (C=O) groups is 4. The van der Waals surface area contributed by atoms with Crippen molar-refractivity contribution < 1.29 is 39.2 Å². The molecule has 0 aliphatic heterocycles. The Morgan fingerprint density at radius 3 is 1.42 bits per heavy atom. The molecule has 0 saturated carbocycles. The Labute approximate surface area is 146 Å². The summed E-state index contributed by atoms with van der Waals surface area (Å²) in [6.45, 7) is 0. The van der Waals surface area contributed by atoms with E-state index in [-0.39, 0.29) is 24.1 Å². The van der Waals surface area contributed by atoms with Crippen LogP contribution >= 0.6 is 23.5 Å². The molecule has 0 rings (SSSR count). The lowest BCUT2D eigenvalue weighted by Crippen LogP contribution is -2.63. The fourth-order valence-corrected chi connectivity index (χ4v) is 2.72. The average Bonchev–Trinajstić information content (AvgIpc) is 2.55. The van der Waals surface area contributed by atoms with Crippen LogP contribution < -0.4 is 11.5 Å². The van der Waals surface area contributed by atoms with Gasteiger partial charge in [0, 0.05) is 11.5 Å². The van der Waals surface area contributed by atoms with E-state index in [4.69, 9.17) is 31.5 Å². The van der Waals surface area contributed by atoms with Gasteiger partial charge >= 0.3 is 11.9 Å². The molecule has 0 aromatic heterocycles. The van der Waals surface area contributed by atoms with Crippen molar-refractivity contribution in [2.45, 2.75) is 23.3 Å². The molecule has 0 heterocycles. The van der Waals surface area contributed by atoms with Gasteiger partial charge in [-0.25, -0.2) is 19.4 Å². The third kappa shape index (κ3) is 5.16. The van der Waals surface area contributed by atoms with Gasteiger partial charge in [0.25, 0.3) is 0 Å². The van der Waals surface area contributed by atoms with E-state index in [0.717, 1.165) is 23.5 Å². The number of carboxylic acids is 2. The van der Waals surface area contributed by atoms with E-state index < -0.39 is 35.2 Å². The van der Waals surface area contributed by atoms with Crippen molar-refractivity contribution in [1.82, 2.24) is 0 Å². The molecule has 138 valence electrons. The first-order valence-corrected chi connectivity index (χ1v) is 9.20. The summed E-state index contributed by atoms with van der Waals surface area (Å²) in [4.78, 5) is 54.5. The van der Waals surface area contributed by atoms with Crippen LogP contribution in [0, 0.1) is 0 Å². The zero-order valence-corrected chi connectivity index (χ0v) is 14.7. The molecule has 0 saturated heterocycles. The molecule has 0 bridgehead atoms. The summed E-state index contributed by atoms with van der Waals surface area (Å²) in [5, 5.41) is 18.2. The minimum absolute atomic E-state index is 0.00419. The zero-order valence-electron chi connectivity index (χ0n) is 13.0. The standard InChI is InChI=1S/C12H20N2O8S2/c1-23-3-7(11(13,5-15)9(17)18)21-22-8(4-24-2)12(14,6-16)10(19)20/h5-8H,3-4,13-14H2,1-2H3,(H,17,18)(H,19,20). The normalized spacial score (nSPS) is 18.7. The Morgan fingerprint density at radius 1 is 0.958 bits per heavy atom. The van der Waals surface area contributed by atoms with E-state index in [1.54, 1.807) is 12.5 Å². The second kappa shape index (κ2) is 9.96. The quantitative estimate of drug-likeness (QED) is 0.123. The molecule has 10 nitrogen and oxygen atoms in total. The lowest BCUT2D eigenvalue weighted by atomic mass is 9.96. The number of carbonyl (C=O) groups excluding carboxylic acids is 2. The van der Waals surface area contributed by atoms with Gasteiger partial charge in [-0.3, -0.25) is 0 Å². The minimum atomic E-state index is -2.41. The summed E-state index contributed by atoms with van der Waals surface area (Å²) >= 11 is 2.25. The van der Waals surface area contributed by atoms with Crippen molar-refractivity contribution in [3.05, 3.63) is 0 Å². The fraction of sp³-hybridized carbons (Fsp3) is 0.667. The van der Waals surface area contributed by atoms with Gasteiger partial charge in [0.15, 0.2) is 12.6 Å². The maximum absolute atomic E-state index is 11.2. The highest BCUT2D eigenvalue weighted by molar-refractivity contribution is 7.98. The van der Waals surface area contributed by atoms with Gasteiger partial charge in [0.2, 0.25) is 11.1 Å². The second-order valence-electron chi connectivity index (χ2n) is 4.79. The smallest absolute Gasteiger partial charge is 0.334 e. The lowest BCUT2D eigenvalue weighted by molar-refractivity contribution is -0.353. The summed E-state index contributed by atoms with van der Waals surface area (Å²) in [5.74, 6) is -3.37. The molecule has 6 N–H and O–H groups in total. The van der Waals surface area contributed by atoms with Crippen LogP contribution in [-0.2, 0) is 29.0 Å². The average molecular weight is 384 g/mol. The van der Waals surface area contributed by atoms with E-state index in [9.17, 15) is 19.2 Å². The van der Waals surface area contributed by atoms with E-state index in [1.807, 2.05) is 0 Å². The highest BCUT2D eigenvalue weighted by Gasteiger charge is 2.48. The molecule has 0 aromatic rings. The predicted octanol–water partition coefficient (Wildman–Crippen LogP) is -1.64. The lowest BCUT2D eigenvalue weighted by Gasteiger charge is -2.32. The number of thioether (sulfide) groups is 2. The first-order chi connectivity index (χ1) is 11.1. The van der Waals surface area contributed by atoms with Crippen LogP contribution in [0.4, 0.5) is 0 Å². The maximum atomic E-state index is 11.2. The van der Waals surface area contributed by atoms with Crippen molar-refractivity contribution in [2.75, 3.05) is 24.0 Å². The topological polar surface area (TPSA) is 179 Å². The van der Waals surface area contributed by atoms with Gasteiger partial charge < -0.3 is 31.3 Å². The van der Waals surface area contributed by atoms with Crippen molar-refractivity contribution in [2.24, 2.45) is 11.5 Å². The van der Waals surface area contributed by atoms with Gasteiger partial charge in [-0.05, 0) is 12.5 Å². The highest BCUT2D eigenvalue weighted by atomic mass is 32.2. The summed E-state index contributed by atoms with van der Waals surface area (Å²) in [7, 11) is 0. The number of nitrogens with two attached hydrogens (primary N) is 2. The highest BCUT2D eigenvalue weighted by Crippen LogP contribution is 2.20. The molecule has 4 atom stereocenters. The third-order valence-electron chi connectivity index (χ3n) is 3.12. The molecule has 4 unspecified atom stereocenters. The number of rotatable bonds is 13. The molecular weight excluding hydrogens is 364 g/mol. The summed E-state index contributed by atoms with van der Waals surface area (Å²) in [6.07, 6.45) is 0.344. The largest absolute Gasteiger partial charge is 0.479 e. The predicted molar refractivity (Wildman–Crippen MR) is 87.7 cm³/mol. The SMILES string of the molecule is CSCC(OOC(CSC)C(N)(C=O)C(=O)O)C(N)(C=O)C(=O)O. The molecule has 0 aliphatic rings. The van der Waals surface area contributed by atoms with Crippen LogP contribution in [-0.4, -0.2) is 82.0 Å². The van der Waals surface area contributed by atoms with Crippen LogP contribution in [0.2, 0.25) is 0 Å². The van der Waals surface area contributed by atoms with E-state index in [2.05, 4.69) is 0 Å². The molecule has 24 heavy (non-hydrogen) atoms. The number of hydrogen-bond acceptors (Lipinski definition) is 10. The Bertz CT molecular complexity index is 438. The van der Waals surface area contributed by atoms with Crippen LogP contribution in [0.15, 0.2) is 0 Å². The Morgan fingerprint density at radius 2 is 1.25 bits per heavy atom. The van der Waals surface area contributed by atoms with Crippen molar-refractivity contribution in [3.8, 4) is 0 Å². The van der Waals surface area contributed by atoms with Crippen molar-refractivity contribution in [3.63, 3.8) is 0 Å².